The van der Waals surface area contributed by atoms with Crippen LogP contribution in [0.5, 0.6) is 0 Å². The molecule has 1 saturated heterocycles. The van der Waals surface area contributed by atoms with Crippen LogP contribution in [0.1, 0.15) is 41.0 Å². The van der Waals surface area contributed by atoms with E-state index in [1.165, 1.54) is 0 Å². The van der Waals surface area contributed by atoms with Crippen molar-refractivity contribution in [2.45, 2.75) is 64.4 Å². The van der Waals surface area contributed by atoms with Gasteiger partial charge >= 0.3 is 16.4 Å². The third-order valence-electron chi connectivity index (χ3n) is 6.79. The second-order valence-electron chi connectivity index (χ2n) is 10.8. The standard InChI is InChI=1S/C30H42O8P2Si/c1-6-33-40(31,34-7-2)38-27(21-20-26-23-25-15-14-22-32-39(36-25)37-26)24-35-41(30(3,4)5,28-16-10-8-11-17-28)29-18-12-9-13-19-29/h8-21,25-27H,6-7,22-24H2,1-5H3/t25-,26-,27-,39?/m1/s1. The van der Waals surface area contributed by atoms with Crippen LogP contribution in [0.25, 0.3) is 0 Å². The van der Waals surface area contributed by atoms with Gasteiger partial charge in [-0.1, -0.05) is 106 Å². The first-order valence-electron chi connectivity index (χ1n) is 14.1. The highest BCUT2D eigenvalue weighted by Gasteiger charge is 2.50. The first-order valence-corrected chi connectivity index (χ1v) is 18.6. The van der Waals surface area contributed by atoms with Crippen LogP contribution in [-0.4, -0.2) is 53.1 Å². The summed E-state index contributed by atoms with van der Waals surface area (Å²) in [6.45, 7) is 11.1. The molecule has 2 bridgehead atoms. The molecule has 1 unspecified atom stereocenters. The highest BCUT2D eigenvalue weighted by molar-refractivity contribution is 7.48. The minimum Gasteiger partial charge on any atom is -0.404 e. The lowest BCUT2D eigenvalue weighted by molar-refractivity contribution is 0.0609. The van der Waals surface area contributed by atoms with E-state index in [4.69, 9.17) is 31.6 Å². The van der Waals surface area contributed by atoms with Crippen LogP contribution < -0.4 is 10.4 Å². The molecule has 224 valence electrons. The second-order valence-corrected chi connectivity index (χ2v) is 17.8. The summed E-state index contributed by atoms with van der Waals surface area (Å²) in [5.74, 6) is 0. The molecule has 11 heteroatoms. The molecule has 4 atom stereocenters. The van der Waals surface area contributed by atoms with Crippen molar-refractivity contribution in [2.24, 2.45) is 0 Å². The molecule has 2 heterocycles. The van der Waals surface area contributed by atoms with Crippen LogP contribution in [0.15, 0.2) is 85.0 Å². The lowest BCUT2D eigenvalue weighted by Gasteiger charge is -2.43. The third kappa shape index (κ3) is 8.33. The second kappa shape index (κ2) is 14.8. The molecule has 2 aliphatic heterocycles. The Hall–Kier alpha value is -1.48. The Morgan fingerprint density at radius 3 is 2.17 bits per heavy atom. The molecule has 0 aliphatic carbocycles. The summed E-state index contributed by atoms with van der Waals surface area (Å²) >= 11 is 0. The number of hydrogen-bond donors (Lipinski definition) is 0. The first-order chi connectivity index (χ1) is 19.7. The van der Waals surface area contributed by atoms with E-state index in [2.05, 4.69) is 45.0 Å². The summed E-state index contributed by atoms with van der Waals surface area (Å²) in [6, 6.07) is 20.7. The quantitative estimate of drug-likeness (QED) is 0.140. The Morgan fingerprint density at radius 2 is 1.61 bits per heavy atom. The zero-order valence-electron chi connectivity index (χ0n) is 24.5. The van der Waals surface area contributed by atoms with E-state index in [1.807, 2.05) is 60.7 Å². The van der Waals surface area contributed by atoms with Crippen molar-refractivity contribution < 1.29 is 36.1 Å². The van der Waals surface area contributed by atoms with Gasteiger partial charge in [0.15, 0.2) is 0 Å². The maximum absolute atomic E-state index is 13.5. The number of phosphoric acid groups is 1. The summed E-state index contributed by atoms with van der Waals surface area (Å²) in [7, 11) is -8.17. The van der Waals surface area contributed by atoms with Gasteiger partial charge in [0.05, 0.1) is 38.6 Å². The molecular weight excluding hydrogens is 578 g/mol. The largest absolute Gasteiger partial charge is 0.475 e. The zero-order chi connectivity index (χ0) is 29.3. The summed E-state index contributed by atoms with van der Waals surface area (Å²) in [5, 5.41) is 2.05. The predicted molar refractivity (Wildman–Crippen MR) is 165 cm³/mol. The van der Waals surface area contributed by atoms with Crippen LogP contribution in [0, 0.1) is 0 Å². The Balaban J connectivity index is 1.67. The van der Waals surface area contributed by atoms with Gasteiger partial charge < -0.3 is 18.0 Å². The maximum atomic E-state index is 13.5. The van der Waals surface area contributed by atoms with Gasteiger partial charge in [0.1, 0.15) is 6.10 Å². The van der Waals surface area contributed by atoms with Gasteiger partial charge in [-0.25, -0.2) is 4.57 Å². The first kappa shape index (κ1) is 32.4. The smallest absolute Gasteiger partial charge is 0.404 e. The Kier molecular flexibility index (Phi) is 11.7. The molecule has 1 fully saturated rings. The van der Waals surface area contributed by atoms with E-state index < -0.39 is 30.8 Å². The van der Waals surface area contributed by atoms with Gasteiger partial charge in [-0.2, -0.15) is 0 Å². The van der Waals surface area contributed by atoms with E-state index in [1.54, 1.807) is 13.8 Å². The minimum absolute atomic E-state index is 0.0855. The number of benzene rings is 2. The van der Waals surface area contributed by atoms with E-state index in [9.17, 15) is 4.57 Å². The molecule has 0 N–H and O–H groups in total. The van der Waals surface area contributed by atoms with Crippen LogP contribution in [0.4, 0.5) is 0 Å². The van der Waals surface area contributed by atoms with Gasteiger partial charge in [-0.05, 0) is 29.3 Å². The van der Waals surface area contributed by atoms with E-state index in [0.717, 1.165) is 10.4 Å². The predicted octanol–water partition coefficient (Wildman–Crippen LogP) is 6.67. The van der Waals surface area contributed by atoms with Crippen molar-refractivity contribution >= 4 is 35.1 Å². The van der Waals surface area contributed by atoms with Crippen LogP contribution in [-0.2, 0) is 36.1 Å². The van der Waals surface area contributed by atoms with Crippen molar-refractivity contribution in [3.63, 3.8) is 0 Å². The molecule has 2 aromatic rings. The molecule has 2 aliphatic rings. The lowest BCUT2D eigenvalue weighted by atomic mass is 10.1. The summed E-state index contributed by atoms with van der Waals surface area (Å²) in [5.41, 5.74) is 0. The molecular formula is C30H42O8P2Si. The molecule has 8 nitrogen and oxygen atoms in total. The molecule has 2 aromatic carbocycles. The van der Waals surface area contributed by atoms with Crippen LogP contribution >= 0.6 is 16.4 Å². The fourth-order valence-electron chi connectivity index (χ4n) is 5.08. The zero-order valence-corrected chi connectivity index (χ0v) is 27.3. The van der Waals surface area contributed by atoms with Crippen LogP contribution in [0.2, 0.25) is 5.04 Å². The number of fused-ring (bicyclic) bond motifs is 2. The Bertz CT molecular complexity index is 1140. The topological polar surface area (TPSA) is 81.7 Å². The average Bonchev–Trinajstić information content (AvgIpc) is 3.12. The van der Waals surface area contributed by atoms with E-state index in [-0.39, 0.29) is 37.1 Å². The van der Waals surface area contributed by atoms with Gasteiger partial charge in [-0.3, -0.25) is 13.6 Å². The van der Waals surface area contributed by atoms with E-state index >= 15 is 0 Å². The SMILES string of the molecule is CCOP(=O)(OCC)O[C@H](C=C[C@@H]1C[C@H]2C=CCOP(O2)O1)CO[Si](c1ccccc1)(c1ccccc1)C(C)(C)C. The molecule has 0 amide bonds. The third-order valence-corrected chi connectivity index (χ3v) is 14.7. The minimum atomic E-state index is -3.85. The van der Waals surface area contributed by atoms with Crippen molar-refractivity contribution in [3.05, 3.63) is 85.0 Å². The Labute approximate surface area is 246 Å². The van der Waals surface area contributed by atoms with Crippen molar-refractivity contribution in [2.75, 3.05) is 26.4 Å². The molecule has 4 rings (SSSR count). The van der Waals surface area contributed by atoms with E-state index in [0.29, 0.717) is 13.0 Å². The Morgan fingerprint density at radius 1 is 1.00 bits per heavy atom. The van der Waals surface area contributed by atoms with Crippen molar-refractivity contribution in [1.29, 1.82) is 0 Å². The van der Waals surface area contributed by atoms with Crippen molar-refractivity contribution in [3.8, 4) is 0 Å². The monoisotopic (exact) mass is 620 g/mol. The number of hydrogen-bond acceptors (Lipinski definition) is 8. The van der Waals surface area contributed by atoms with Gasteiger partial charge in [0, 0.05) is 6.42 Å². The lowest BCUT2D eigenvalue weighted by Crippen LogP contribution is -2.67. The maximum Gasteiger partial charge on any atom is 0.475 e. The summed E-state index contributed by atoms with van der Waals surface area (Å²) in [4.78, 5) is 0. The molecule has 0 spiro atoms. The molecule has 0 radical (unpaired) electrons. The number of rotatable bonds is 13. The van der Waals surface area contributed by atoms with Crippen molar-refractivity contribution in [1.82, 2.24) is 0 Å². The van der Waals surface area contributed by atoms with Crippen LogP contribution in [0.3, 0.4) is 0 Å². The highest BCUT2D eigenvalue weighted by atomic mass is 31.2. The fourth-order valence-corrected chi connectivity index (χ4v) is 12.1. The highest BCUT2D eigenvalue weighted by Crippen LogP contribution is 2.51. The molecule has 0 aromatic heterocycles. The molecule has 41 heavy (non-hydrogen) atoms. The van der Waals surface area contributed by atoms with Gasteiger partial charge in [0.2, 0.25) is 0 Å². The fraction of sp³-hybridized carbons (Fsp3) is 0.467. The average molecular weight is 621 g/mol. The normalized spacial score (nSPS) is 22.5. The number of phosphoric ester groups is 1. The molecule has 0 saturated carbocycles. The summed E-state index contributed by atoms with van der Waals surface area (Å²) in [6.07, 6.45) is 7.25. The van der Waals surface area contributed by atoms with Gasteiger partial charge in [0.25, 0.3) is 8.32 Å². The summed E-state index contributed by atoms with van der Waals surface area (Å²) < 4.78 is 55.2. The van der Waals surface area contributed by atoms with Gasteiger partial charge in [-0.15, -0.1) is 0 Å².